The molecule has 1 aliphatic heterocycles. The number of hydrogen-bond acceptors (Lipinski definition) is 6. The van der Waals surface area contributed by atoms with Gasteiger partial charge in [-0.3, -0.25) is 19.4 Å². The van der Waals surface area contributed by atoms with E-state index in [1.807, 2.05) is 32.0 Å². The number of aromatic nitrogens is 4. The smallest absolute Gasteiger partial charge is 0.270 e. The van der Waals surface area contributed by atoms with Crippen LogP contribution < -0.4 is 5.56 Å². The van der Waals surface area contributed by atoms with E-state index in [1.54, 1.807) is 11.7 Å². The highest BCUT2D eigenvalue weighted by molar-refractivity contribution is 7.00. The number of nitrogens with one attached hydrogen (secondary N) is 1. The quantitative estimate of drug-likeness (QED) is 0.715. The molecule has 0 saturated heterocycles. The van der Waals surface area contributed by atoms with Crippen LogP contribution in [0.4, 0.5) is 5.82 Å². The molecule has 132 valence electrons. The predicted molar refractivity (Wildman–Crippen MR) is 99.3 cm³/mol. The molecule has 0 bridgehead atoms. The number of carbonyl (C=O) groups is 1. The second-order valence-corrected chi connectivity index (χ2v) is 8.26. The second-order valence-electron chi connectivity index (χ2n) is 7.73. The first-order valence-corrected chi connectivity index (χ1v) is 9.23. The minimum atomic E-state index is -0.469. The number of aliphatic imine (C=N–C) groups is 1. The number of hydrogen-bond donors (Lipinski definition) is 1. The highest BCUT2D eigenvalue weighted by Gasteiger charge is 2.52. The zero-order chi connectivity index (χ0) is 18.2. The maximum absolute atomic E-state index is 13.2. The van der Waals surface area contributed by atoms with Crippen molar-refractivity contribution in [3.8, 4) is 0 Å². The zero-order valence-corrected chi connectivity index (χ0v) is 15.4. The number of benzene rings is 1. The van der Waals surface area contributed by atoms with E-state index in [9.17, 15) is 9.59 Å². The number of aromatic amines is 1. The van der Waals surface area contributed by atoms with Gasteiger partial charge in [-0.1, -0.05) is 19.9 Å². The fourth-order valence-corrected chi connectivity index (χ4v) is 4.81. The summed E-state index contributed by atoms with van der Waals surface area (Å²) in [5.74, 6) is 0.0211. The first-order valence-electron chi connectivity index (χ1n) is 8.50. The topological polar surface area (TPSA) is 93.0 Å². The molecule has 8 heteroatoms. The van der Waals surface area contributed by atoms with Crippen molar-refractivity contribution in [3.63, 3.8) is 0 Å². The van der Waals surface area contributed by atoms with Gasteiger partial charge in [0, 0.05) is 24.1 Å². The van der Waals surface area contributed by atoms with Gasteiger partial charge in [0.1, 0.15) is 16.8 Å². The number of nitrogens with zero attached hydrogens (tertiary/aromatic N) is 4. The highest BCUT2D eigenvalue weighted by atomic mass is 32.1. The Morgan fingerprint density at radius 1 is 1.19 bits per heavy atom. The van der Waals surface area contributed by atoms with Gasteiger partial charge >= 0.3 is 0 Å². The normalized spacial score (nSPS) is 23.8. The van der Waals surface area contributed by atoms with Crippen molar-refractivity contribution in [3.05, 3.63) is 39.7 Å². The van der Waals surface area contributed by atoms with Crippen molar-refractivity contribution in [2.45, 2.75) is 26.2 Å². The van der Waals surface area contributed by atoms with Crippen molar-refractivity contribution in [1.29, 1.82) is 0 Å². The van der Waals surface area contributed by atoms with E-state index in [1.165, 1.54) is 0 Å². The van der Waals surface area contributed by atoms with Crippen LogP contribution in [0.1, 0.15) is 37.3 Å². The Hall–Kier alpha value is -2.61. The van der Waals surface area contributed by atoms with E-state index in [-0.39, 0.29) is 17.3 Å². The van der Waals surface area contributed by atoms with E-state index in [0.717, 1.165) is 34.0 Å². The summed E-state index contributed by atoms with van der Waals surface area (Å²) < 4.78 is 10.2. The number of ketones is 1. The lowest BCUT2D eigenvalue weighted by atomic mass is 9.76. The van der Waals surface area contributed by atoms with Crippen LogP contribution in [0, 0.1) is 11.3 Å². The molecule has 2 unspecified atom stereocenters. The monoisotopic (exact) mass is 367 g/mol. The van der Waals surface area contributed by atoms with E-state index < -0.39 is 11.3 Å². The molecule has 1 fully saturated rings. The summed E-state index contributed by atoms with van der Waals surface area (Å²) in [6, 6.07) is 5.80. The molecule has 1 N–H and O–H groups in total. The molecule has 3 heterocycles. The summed E-state index contributed by atoms with van der Waals surface area (Å²) in [7, 11) is 1.77. The second kappa shape index (κ2) is 4.97. The molecule has 2 atom stereocenters. The van der Waals surface area contributed by atoms with Crippen LogP contribution in [-0.4, -0.2) is 30.0 Å². The summed E-state index contributed by atoms with van der Waals surface area (Å²) in [5, 5.41) is 2.79. The van der Waals surface area contributed by atoms with Crippen molar-refractivity contribution < 1.29 is 4.79 Å². The molecule has 1 saturated carbocycles. The number of fused-ring (bicyclic) bond motifs is 3. The van der Waals surface area contributed by atoms with Crippen molar-refractivity contribution in [2.75, 3.05) is 0 Å². The van der Waals surface area contributed by atoms with Gasteiger partial charge in [-0.25, -0.2) is 4.99 Å². The molecule has 0 spiro atoms. The number of carbonyl (C=O) groups excluding carboxylic acids is 1. The molecule has 7 nitrogen and oxygen atoms in total. The number of rotatable bonds is 1. The van der Waals surface area contributed by atoms with E-state index >= 15 is 0 Å². The van der Waals surface area contributed by atoms with Crippen LogP contribution in [0.2, 0.25) is 0 Å². The fourth-order valence-electron chi connectivity index (χ4n) is 4.29. The standard InChI is InChI=1S/C18H17N5O2S/c1-18(2)7-11-13(15(18)24)12(14-16(19-11)23(3)20-17(14)25)8-4-5-9-10(6-8)22-26-21-9/h4-6,12-13H,7H2,1-3H3,(H,20,25). The maximum atomic E-state index is 13.2. The molecule has 26 heavy (non-hydrogen) atoms. The molecular formula is C18H17N5O2S. The third kappa shape index (κ3) is 1.96. The first kappa shape index (κ1) is 15.6. The van der Waals surface area contributed by atoms with Crippen LogP contribution in [0.25, 0.3) is 11.0 Å². The van der Waals surface area contributed by atoms with Gasteiger partial charge in [0.15, 0.2) is 5.82 Å². The van der Waals surface area contributed by atoms with Gasteiger partial charge in [0.25, 0.3) is 5.56 Å². The van der Waals surface area contributed by atoms with Crippen LogP contribution in [0.15, 0.2) is 28.0 Å². The molecule has 1 aromatic carbocycles. The van der Waals surface area contributed by atoms with Crippen LogP contribution >= 0.6 is 11.7 Å². The number of H-pyrrole nitrogens is 1. The summed E-state index contributed by atoms with van der Waals surface area (Å²) in [6.45, 7) is 3.91. The Morgan fingerprint density at radius 2 is 1.96 bits per heavy atom. The Bertz CT molecular complexity index is 1170. The summed E-state index contributed by atoms with van der Waals surface area (Å²) in [5.41, 5.74) is 3.29. The van der Waals surface area contributed by atoms with Crippen molar-refractivity contribution in [1.82, 2.24) is 18.5 Å². The van der Waals surface area contributed by atoms with Crippen LogP contribution in [0.3, 0.4) is 0 Å². The molecule has 0 amide bonds. The molecular weight excluding hydrogens is 350 g/mol. The largest absolute Gasteiger partial charge is 0.298 e. The Kier molecular flexibility index (Phi) is 2.99. The molecule has 0 radical (unpaired) electrons. The van der Waals surface area contributed by atoms with Crippen molar-refractivity contribution >= 4 is 40.1 Å². The van der Waals surface area contributed by atoms with Crippen molar-refractivity contribution in [2.24, 2.45) is 23.4 Å². The molecule has 1 aliphatic carbocycles. The van der Waals surface area contributed by atoms with Gasteiger partial charge < -0.3 is 0 Å². The minimum absolute atomic E-state index is 0.145. The van der Waals surface area contributed by atoms with Gasteiger partial charge in [-0.15, -0.1) is 0 Å². The first-order chi connectivity index (χ1) is 12.4. The Balaban J connectivity index is 1.79. The predicted octanol–water partition coefficient (Wildman–Crippen LogP) is 2.55. The zero-order valence-electron chi connectivity index (χ0n) is 14.6. The fraction of sp³-hybridized carbons (Fsp3) is 0.389. The van der Waals surface area contributed by atoms with Gasteiger partial charge in [0.05, 0.1) is 23.2 Å². The van der Waals surface area contributed by atoms with E-state index in [4.69, 9.17) is 4.99 Å². The Morgan fingerprint density at radius 3 is 2.77 bits per heavy atom. The lowest BCUT2D eigenvalue weighted by molar-refractivity contribution is -0.127. The van der Waals surface area contributed by atoms with Gasteiger partial charge in [-0.05, 0) is 24.1 Å². The van der Waals surface area contributed by atoms with Crippen LogP contribution in [-0.2, 0) is 11.8 Å². The minimum Gasteiger partial charge on any atom is -0.298 e. The van der Waals surface area contributed by atoms with Crippen LogP contribution in [0.5, 0.6) is 0 Å². The van der Waals surface area contributed by atoms with E-state index in [0.29, 0.717) is 17.8 Å². The van der Waals surface area contributed by atoms with Gasteiger partial charge in [0.2, 0.25) is 0 Å². The lowest BCUT2D eigenvalue weighted by Crippen LogP contribution is -2.32. The Labute approximate surface area is 153 Å². The summed E-state index contributed by atoms with van der Waals surface area (Å²) in [4.78, 5) is 30.5. The third-order valence-corrected chi connectivity index (χ3v) is 6.09. The third-order valence-electron chi connectivity index (χ3n) is 5.53. The molecule has 2 aromatic heterocycles. The highest BCUT2D eigenvalue weighted by Crippen LogP contribution is 2.49. The molecule has 5 rings (SSSR count). The number of aryl methyl sites for hydroxylation is 1. The van der Waals surface area contributed by atoms with E-state index in [2.05, 4.69) is 13.8 Å². The number of Topliss-reactive ketones (excluding diaryl/α,β-unsaturated/α-hetero) is 1. The SMILES string of the molecule is Cn1[nH]c(=O)c2c1N=C1CC(C)(C)C(=O)C1C2c1ccc2nsnc2c1. The van der Waals surface area contributed by atoms with Gasteiger partial charge in [-0.2, -0.15) is 8.75 Å². The summed E-state index contributed by atoms with van der Waals surface area (Å²) in [6.07, 6.45) is 0.617. The average molecular weight is 367 g/mol. The summed E-state index contributed by atoms with van der Waals surface area (Å²) >= 11 is 1.16. The molecule has 2 aliphatic rings. The molecule has 3 aromatic rings. The maximum Gasteiger partial charge on any atom is 0.270 e. The lowest BCUT2D eigenvalue weighted by Gasteiger charge is -2.27. The average Bonchev–Trinajstić information content (AvgIpc) is 3.22.